The lowest BCUT2D eigenvalue weighted by molar-refractivity contribution is -0.274. The standard InChI is InChI=1S/C15H15F3N2O4/c1-2-20(6-5-13(21)22)14(23)12-7-9-3-4-10(8-11(9)19-12)24-15(16,17)18/h3-4,7-8,19H,2,5-6H2,1H3,(H,21,22). The summed E-state index contributed by atoms with van der Waals surface area (Å²) in [5.74, 6) is -1.84. The van der Waals surface area contributed by atoms with Crippen LogP contribution >= 0.6 is 0 Å². The van der Waals surface area contributed by atoms with E-state index in [4.69, 9.17) is 5.11 Å². The van der Waals surface area contributed by atoms with E-state index in [1.807, 2.05) is 0 Å². The number of carboxylic acid groups (broad SMARTS) is 1. The van der Waals surface area contributed by atoms with Crippen molar-refractivity contribution in [2.75, 3.05) is 13.1 Å². The molecule has 130 valence electrons. The fourth-order valence-corrected chi connectivity index (χ4v) is 2.22. The van der Waals surface area contributed by atoms with Crippen LogP contribution in [0.1, 0.15) is 23.8 Å². The van der Waals surface area contributed by atoms with E-state index in [9.17, 15) is 22.8 Å². The molecular formula is C15H15F3N2O4. The molecule has 9 heteroatoms. The maximum Gasteiger partial charge on any atom is 0.573 e. The lowest BCUT2D eigenvalue weighted by Gasteiger charge is -2.18. The minimum Gasteiger partial charge on any atom is -0.481 e. The zero-order chi connectivity index (χ0) is 17.9. The molecule has 0 aliphatic heterocycles. The minimum absolute atomic E-state index is 0.0441. The van der Waals surface area contributed by atoms with Gasteiger partial charge in [0.05, 0.1) is 6.42 Å². The highest BCUT2D eigenvalue weighted by molar-refractivity contribution is 5.98. The van der Waals surface area contributed by atoms with Crippen molar-refractivity contribution in [1.29, 1.82) is 0 Å². The molecule has 1 amide bonds. The summed E-state index contributed by atoms with van der Waals surface area (Å²) in [6, 6.07) is 5.20. The minimum atomic E-state index is -4.80. The Labute approximate surface area is 134 Å². The molecule has 0 atom stereocenters. The van der Waals surface area contributed by atoms with Crippen LogP contribution in [0.25, 0.3) is 10.9 Å². The molecule has 0 radical (unpaired) electrons. The Bertz CT molecular complexity index is 755. The van der Waals surface area contributed by atoms with Gasteiger partial charge in [0, 0.05) is 30.1 Å². The number of rotatable bonds is 6. The first-order valence-corrected chi connectivity index (χ1v) is 7.09. The number of halogens is 3. The number of hydrogen-bond donors (Lipinski definition) is 2. The van der Waals surface area contributed by atoms with E-state index < -0.39 is 24.0 Å². The largest absolute Gasteiger partial charge is 0.573 e. The molecular weight excluding hydrogens is 329 g/mol. The van der Waals surface area contributed by atoms with Gasteiger partial charge in [0.2, 0.25) is 0 Å². The normalized spacial score (nSPS) is 11.5. The third-order valence-electron chi connectivity index (χ3n) is 3.32. The lowest BCUT2D eigenvalue weighted by Crippen LogP contribution is -2.33. The maximum atomic E-state index is 12.4. The SMILES string of the molecule is CCN(CCC(=O)O)C(=O)c1cc2ccc(OC(F)(F)F)cc2[nH]1. The van der Waals surface area contributed by atoms with Crippen LogP contribution in [-0.2, 0) is 4.79 Å². The van der Waals surface area contributed by atoms with Gasteiger partial charge in [0.25, 0.3) is 5.91 Å². The number of carbonyl (C=O) groups excluding carboxylic acids is 1. The summed E-state index contributed by atoms with van der Waals surface area (Å²) in [7, 11) is 0. The highest BCUT2D eigenvalue weighted by atomic mass is 19.4. The van der Waals surface area contributed by atoms with Gasteiger partial charge in [-0.05, 0) is 25.1 Å². The Morgan fingerprint density at radius 2 is 2.00 bits per heavy atom. The fraction of sp³-hybridized carbons (Fsp3) is 0.333. The molecule has 0 saturated heterocycles. The number of fused-ring (bicyclic) bond motifs is 1. The van der Waals surface area contributed by atoms with Crippen LogP contribution in [0.2, 0.25) is 0 Å². The molecule has 0 spiro atoms. The first-order chi connectivity index (χ1) is 11.2. The number of ether oxygens (including phenoxy) is 1. The monoisotopic (exact) mass is 344 g/mol. The van der Waals surface area contributed by atoms with Gasteiger partial charge in [-0.15, -0.1) is 13.2 Å². The quantitative estimate of drug-likeness (QED) is 0.844. The van der Waals surface area contributed by atoms with E-state index in [0.717, 1.165) is 12.1 Å². The van der Waals surface area contributed by atoms with Gasteiger partial charge in [-0.3, -0.25) is 9.59 Å². The number of nitrogens with zero attached hydrogens (tertiary/aromatic N) is 1. The van der Waals surface area contributed by atoms with E-state index in [0.29, 0.717) is 17.4 Å². The zero-order valence-electron chi connectivity index (χ0n) is 12.7. The predicted octanol–water partition coefficient (Wildman–Crippen LogP) is 3.00. The molecule has 0 bridgehead atoms. The Hall–Kier alpha value is -2.71. The Kier molecular flexibility index (Phi) is 5.01. The van der Waals surface area contributed by atoms with Crippen molar-refractivity contribution >= 4 is 22.8 Å². The van der Waals surface area contributed by atoms with Crippen LogP contribution in [-0.4, -0.2) is 46.3 Å². The van der Waals surface area contributed by atoms with Gasteiger partial charge >= 0.3 is 12.3 Å². The van der Waals surface area contributed by atoms with E-state index in [1.54, 1.807) is 6.92 Å². The number of nitrogens with one attached hydrogen (secondary N) is 1. The number of alkyl halides is 3. The summed E-state index contributed by atoms with van der Waals surface area (Å²) < 4.78 is 40.5. The van der Waals surface area contributed by atoms with Crippen LogP contribution in [0.3, 0.4) is 0 Å². The summed E-state index contributed by atoms with van der Waals surface area (Å²) in [6.45, 7) is 2.06. The van der Waals surface area contributed by atoms with Gasteiger partial charge < -0.3 is 19.7 Å². The van der Waals surface area contributed by atoms with Crippen molar-refractivity contribution in [3.05, 3.63) is 30.0 Å². The number of aliphatic carboxylic acids is 1. The molecule has 0 aliphatic carbocycles. The van der Waals surface area contributed by atoms with Gasteiger partial charge in [0.1, 0.15) is 11.4 Å². The van der Waals surface area contributed by atoms with Crippen LogP contribution in [0.5, 0.6) is 5.75 Å². The van der Waals surface area contributed by atoms with E-state index >= 15 is 0 Å². The number of H-pyrrole nitrogens is 1. The maximum absolute atomic E-state index is 12.4. The Morgan fingerprint density at radius 1 is 1.29 bits per heavy atom. The molecule has 0 unspecified atom stereocenters. The van der Waals surface area contributed by atoms with Crippen molar-refractivity contribution in [3.8, 4) is 5.75 Å². The van der Waals surface area contributed by atoms with Gasteiger partial charge in [0.15, 0.2) is 0 Å². The van der Waals surface area contributed by atoms with Crippen molar-refractivity contribution < 1.29 is 32.6 Å². The van der Waals surface area contributed by atoms with Gasteiger partial charge in [-0.1, -0.05) is 0 Å². The first-order valence-electron chi connectivity index (χ1n) is 7.09. The summed E-state index contributed by atoms with van der Waals surface area (Å²) >= 11 is 0. The second-order valence-electron chi connectivity index (χ2n) is 5.01. The van der Waals surface area contributed by atoms with Crippen LogP contribution in [0, 0.1) is 0 Å². The molecule has 0 saturated carbocycles. The fourth-order valence-electron chi connectivity index (χ4n) is 2.22. The number of aromatic nitrogens is 1. The van der Waals surface area contributed by atoms with Gasteiger partial charge in [-0.25, -0.2) is 0 Å². The number of aromatic amines is 1. The van der Waals surface area contributed by atoms with Crippen LogP contribution < -0.4 is 4.74 Å². The molecule has 0 fully saturated rings. The number of carboxylic acids is 1. The average Bonchev–Trinajstić information content (AvgIpc) is 2.88. The smallest absolute Gasteiger partial charge is 0.481 e. The van der Waals surface area contributed by atoms with Crippen LogP contribution in [0.4, 0.5) is 13.2 Å². The molecule has 24 heavy (non-hydrogen) atoms. The number of hydrogen-bond acceptors (Lipinski definition) is 3. The molecule has 2 N–H and O–H groups in total. The van der Waals surface area contributed by atoms with E-state index in [2.05, 4.69) is 9.72 Å². The number of carbonyl (C=O) groups is 2. The molecule has 2 aromatic rings. The highest BCUT2D eigenvalue weighted by Crippen LogP contribution is 2.27. The second kappa shape index (κ2) is 6.81. The number of benzene rings is 1. The summed E-state index contributed by atoms with van der Waals surface area (Å²) in [5, 5.41) is 9.24. The van der Waals surface area contributed by atoms with E-state index in [1.165, 1.54) is 17.0 Å². The van der Waals surface area contributed by atoms with Crippen molar-refractivity contribution in [1.82, 2.24) is 9.88 Å². The molecule has 2 rings (SSSR count). The lowest BCUT2D eigenvalue weighted by atomic mass is 10.2. The molecule has 1 aromatic carbocycles. The van der Waals surface area contributed by atoms with Crippen molar-refractivity contribution in [3.63, 3.8) is 0 Å². The zero-order valence-corrected chi connectivity index (χ0v) is 12.7. The first kappa shape index (κ1) is 17.6. The van der Waals surface area contributed by atoms with Crippen molar-refractivity contribution in [2.24, 2.45) is 0 Å². The summed E-state index contributed by atoms with van der Waals surface area (Å²) in [6.07, 6.45) is -4.99. The average molecular weight is 344 g/mol. The second-order valence-corrected chi connectivity index (χ2v) is 5.01. The third-order valence-corrected chi connectivity index (χ3v) is 3.32. The Morgan fingerprint density at radius 3 is 2.58 bits per heavy atom. The molecule has 0 aliphatic rings. The van der Waals surface area contributed by atoms with Gasteiger partial charge in [-0.2, -0.15) is 0 Å². The van der Waals surface area contributed by atoms with Crippen molar-refractivity contribution in [2.45, 2.75) is 19.7 Å². The molecule has 6 nitrogen and oxygen atoms in total. The van der Waals surface area contributed by atoms with E-state index in [-0.39, 0.29) is 18.7 Å². The third kappa shape index (κ3) is 4.40. The predicted molar refractivity (Wildman–Crippen MR) is 78.8 cm³/mol. The summed E-state index contributed by atoms with van der Waals surface area (Å²) in [4.78, 5) is 27.1. The summed E-state index contributed by atoms with van der Waals surface area (Å²) in [5.41, 5.74) is 0.482. The molecule has 1 aromatic heterocycles. The Balaban J connectivity index is 2.22. The number of amides is 1. The van der Waals surface area contributed by atoms with Crippen LogP contribution in [0.15, 0.2) is 24.3 Å². The topological polar surface area (TPSA) is 82.6 Å². The molecule has 1 heterocycles. The highest BCUT2D eigenvalue weighted by Gasteiger charge is 2.31.